The first-order valence-electron chi connectivity index (χ1n) is 10.2. The van der Waals surface area contributed by atoms with Gasteiger partial charge in [-0.3, -0.25) is 9.59 Å². The topological polar surface area (TPSA) is 95.5 Å². The molecule has 6 nitrogen and oxygen atoms in total. The Balaban J connectivity index is 3.72. The largest absolute Gasteiger partial charge is 0.480 e. The number of unbranched alkanes of at least 4 members (excludes halogenated alkanes) is 9. The summed E-state index contributed by atoms with van der Waals surface area (Å²) in [5.74, 6) is -2.62. The zero-order valence-electron chi connectivity index (χ0n) is 16.8. The number of nitrogens with one attached hydrogen (secondary N) is 2. The molecule has 3 N–H and O–H groups in total. The lowest BCUT2D eigenvalue weighted by atomic mass is 10.0. The van der Waals surface area contributed by atoms with Crippen LogP contribution in [0, 0.1) is 5.92 Å². The number of carboxylic acids is 1. The van der Waals surface area contributed by atoms with E-state index in [2.05, 4.69) is 17.6 Å². The van der Waals surface area contributed by atoms with Gasteiger partial charge in [0.15, 0.2) is 0 Å². The minimum absolute atomic E-state index is 0.117. The van der Waals surface area contributed by atoms with Crippen molar-refractivity contribution in [3.05, 3.63) is 0 Å². The summed E-state index contributed by atoms with van der Waals surface area (Å²) in [6.07, 6.45) is 12.4. The molecule has 0 aliphatic heterocycles. The number of amides is 2. The van der Waals surface area contributed by atoms with Crippen LogP contribution in [-0.2, 0) is 14.4 Å². The summed E-state index contributed by atoms with van der Waals surface area (Å²) >= 11 is 0. The summed E-state index contributed by atoms with van der Waals surface area (Å²) in [4.78, 5) is 34.6. The molecule has 0 aromatic heterocycles. The van der Waals surface area contributed by atoms with E-state index in [0.29, 0.717) is 13.0 Å². The fraction of sp³-hybridized carbons (Fsp3) is 0.850. The van der Waals surface area contributed by atoms with Gasteiger partial charge in [-0.25, -0.2) is 4.79 Å². The van der Waals surface area contributed by atoms with Gasteiger partial charge in [0.25, 0.3) is 0 Å². The van der Waals surface area contributed by atoms with Crippen molar-refractivity contribution in [2.75, 3.05) is 6.54 Å². The van der Waals surface area contributed by atoms with Crippen molar-refractivity contribution >= 4 is 17.8 Å². The van der Waals surface area contributed by atoms with E-state index in [9.17, 15) is 14.4 Å². The lowest BCUT2D eigenvalue weighted by Crippen LogP contribution is -2.48. The van der Waals surface area contributed by atoms with Crippen molar-refractivity contribution in [2.24, 2.45) is 5.92 Å². The van der Waals surface area contributed by atoms with Crippen LogP contribution >= 0.6 is 0 Å². The van der Waals surface area contributed by atoms with Crippen LogP contribution in [0.3, 0.4) is 0 Å². The molecule has 0 rings (SSSR count). The third-order valence-electron chi connectivity index (χ3n) is 4.33. The molecule has 0 saturated heterocycles. The first kappa shape index (κ1) is 24.4. The number of rotatable bonds is 15. The van der Waals surface area contributed by atoms with Gasteiger partial charge in [-0.1, -0.05) is 78.6 Å². The molecule has 0 heterocycles. The third-order valence-corrected chi connectivity index (χ3v) is 4.33. The van der Waals surface area contributed by atoms with Crippen molar-refractivity contribution in [3.63, 3.8) is 0 Å². The zero-order valence-corrected chi connectivity index (χ0v) is 16.8. The molecular weight excluding hydrogens is 332 g/mol. The van der Waals surface area contributed by atoms with Crippen molar-refractivity contribution < 1.29 is 19.5 Å². The maximum absolute atomic E-state index is 11.8. The number of carbonyl (C=O) groups is 3. The Morgan fingerprint density at radius 3 is 1.77 bits per heavy atom. The third kappa shape index (κ3) is 13.7. The minimum Gasteiger partial charge on any atom is -0.480 e. The molecule has 0 radical (unpaired) electrons. The lowest BCUT2D eigenvalue weighted by Gasteiger charge is -2.16. The highest BCUT2D eigenvalue weighted by Gasteiger charge is 2.24. The molecule has 2 amide bonds. The summed E-state index contributed by atoms with van der Waals surface area (Å²) in [7, 11) is 0. The Morgan fingerprint density at radius 1 is 0.808 bits per heavy atom. The molecule has 152 valence electrons. The zero-order chi connectivity index (χ0) is 19.8. The van der Waals surface area contributed by atoms with Crippen LogP contribution in [0.1, 0.15) is 91.4 Å². The van der Waals surface area contributed by atoms with Crippen LogP contribution in [0.2, 0.25) is 0 Å². The molecule has 0 bridgehead atoms. The number of carboxylic acid groups (broad SMARTS) is 1. The number of hydrogen-bond acceptors (Lipinski definition) is 3. The highest BCUT2D eigenvalue weighted by Crippen LogP contribution is 2.10. The van der Waals surface area contributed by atoms with Gasteiger partial charge >= 0.3 is 17.8 Å². The van der Waals surface area contributed by atoms with Gasteiger partial charge in [-0.15, -0.1) is 0 Å². The molecule has 1 atom stereocenters. The van der Waals surface area contributed by atoms with Crippen molar-refractivity contribution in [1.29, 1.82) is 0 Å². The van der Waals surface area contributed by atoms with E-state index in [-0.39, 0.29) is 5.92 Å². The minimum atomic E-state index is -1.12. The second-order valence-electron chi connectivity index (χ2n) is 7.43. The molecule has 0 aromatic carbocycles. The first-order valence-corrected chi connectivity index (χ1v) is 10.2. The van der Waals surface area contributed by atoms with Crippen LogP contribution < -0.4 is 10.6 Å². The molecule has 0 unspecified atom stereocenters. The Morgan fingerprint density at radius 2 is 1.31 bits per heavy atom. The molecule has 0 aliphatic rings. The Labute approximate surface area is 158 Å². The first-order chi connectivity index (χ1) is 12.4. The van der Waals surface area contributed by atoms with Gasteiger partial charge in [0, 0.05) is 6.54 Å². The molecule has 0 spiro atoms. The van der Waals surface area contributed by atoms with E-state index in [1.807, 2.05) is 13.8 Å². The van der Waals surface area contributed by atoms with E-state index in [1.54, 1.807) is 0 Å². The normalized spacial score (nSPS) is 12.0. The standard InChI is InChI=1S/C20H38N2O4/c1-4-5-6-7-8-9-10-11-12-13-14-21-18(23)19(24)22-17(20(25)26)15-16(2)3/h16-17H,4-15H2,1-3H3,(H,21,23)(H,22,24)(H,25,26)/t17-/m1/s1. The molecule has 0 aliphatic carbocycles. The van der Waals surface area contributed by atoms with Crippen LogP contribution in [0.4, 0.5) is 0 Å². The Bertz CT molecular complexity index is 411. The fourth-order valence-electron chi connectivity index (χ4n) is 2.81. The second-order valence-corrected chi connectivity index (χ2v) is 7.43. The predicted octanol–water partition coefficient (Wildman–Crippen LogP) is 3.64. The highest BCUT2D eigenvalue weighted by molar-refractivity contribution is 6.35. The summed E-state index contributed by atoms with van der Waals surface area (Å²) in [5.41, 5.74) is 0. The smallest absolute Gasteiger partial charge is 0.326 e. The van der Waals surface area contributed by atoms with Gasteiger partial charge in [-0.2, -0.15) is 0 Å². The quantitative estimate of drug-likeness (QED) is 0.303. The van der Waals surface area contributed by atoms with E-state index < -0.39 is 23.8 Å². The van der Waals surface area contributed by atoms with Gasteiger partial charge in [0.1, 0.15) is 6.04 Å². The SMILES string of the molecule is CCCCCCCCCCCCNC(=O)C(=O)N[C@H](CC(C)C)C(=O)O. The van der Waals surface area contributed by atoms with E-state index in [0.717, 1.165) is 19.3 Å². The van der Waals surface area contributed by atoms with E-state index >= 15 is 0 Å². The lowest BCUT2D eigenvalue weighted by molar-refractivity contribution is -0.145. The molecule has 26 heavy (non-hydrogen) atoms. The summed E-state index contributed by atoms with van der Waals surface area (Å²) in [5, 5.41) is 13.9. The van der Waals surface area contributed by atoms with Crippen molar-refractivity contribution in [2.45, 2.75) is 97.4 Å². The van der Waals surface area contributed by atoms with Crippen LogP contribution in [0.5, 0.6) is 0 Å². The van der Waals surface area contributed by atoms with Gasteiger partial charge in [0.05, 0.1) is 0 Å². The Hall–Kier alpha value is -1.59. The molecule has 0 saturated carbocycles. The van der Waals surface area contributed by atoms with Crippen LogP contribution in [0.25, 0.3) is 0 Å². The van der Waals surface area contributed by atoms with Gasteiger partial charge in [0.2, 0.25) is 0 Å². The van der Waals surface area contributed by atoms with Crippen molar-refractivity contribution in [1.82, 2.24) is 10.6 Å². The van der Waals surface area contributed by atoms with Gasteiger partial charge < -0.3 is 15.7 Å². The summed E-state index contributed by atoms with van der Waals surface area (Å²) in [6, 6.07) is -1.02. The van der Waals surface area contributed by atoms with E-state index in [4.69, 9.17) is 5.11 Å². The Kier molecular flexibility index (Phi) is 14.7. The number of aliphatic carboxylic acids is 1. The maximum Gasteiger partial charge on any atom is 0.326 e. The maximum atomic E-state index is 11.8. The van der Waals surface area contributed by atoms with Crippen LogP contribution in [0.15, 0.2) is 0 Å². The van der Waals surface area contributed by atoms with E-state index in [1.165, 1.54) is 44.9 Å². The number of hydrogen-bond donors (Lipinski definition) is 3. The predicted molar refractivity (Wildman–Crippen MR) is 104 cm³/mol. The molecule has 6 heteroatoms. The average molecular weight is 371 g/mol. The van der Waals surface area contributed by atoms with Crippen molar-refractivity contribution in [3.8, 4) is 0 Å². The molecule has 0 fully saturated rings. The van der Waals surface area contributed by atoms with Gasteiger partial charge in [-0.05, 0) is 18.8 Å². The molecule has 0 aromatic rings. The highest BCUT2D eigenvalue weighted by atomic mass is 16.4. The average Bonchev–Trinajstić information content (AvgIpc) is 2.58. The monoisotopic (exact) mass is 370 g/mol. The summed E-state index contributed by atoms with van der Waals surface area (Å²) in [6.45, 7) is 6.41. The second kappa shape index (κ2) is 15.6. The summed E-state index contributed by atoms with van der Waals surface area (Å²) < 4.78 is 0. The fourth-order valence-corrected chi connectivity index (χ4v) is 2.81. The number of carbonyl (C=O) groups excluding carboxylic acids is 2. The molecular formula is C20H38N2O4. The van der Waals surface area contributed by atoms with Crippen LogP contribution in [-0.4, -0.2) is 35.5 Å².